The Morgan fingerprint density at radius 1 is 1.29 bits per heavy atom. The number of ether oxygens (including phenoxy) is 1. The van der Waals surface area contributed by atoms with Gasteiger partial charge in [-0.3, -0.25) is 0 Å². The van der Waals surface area contributed by atoms with Crippen LogP contribution in [0.25, 0.3) is 0 Å². The Balaban J connectivity index is 2.25. The van der Waals surface area contributed by atoms with Crippen LogP contribution in [0.1, 0.15) is 5.56 Å². The number of benzene rings is 1. The number of rotatable bonds is 2. The molecule has 1 aromatic heterocycles. The maximum atomic E-state index is 13.5. The van der Waals surface area contributed by atoms with Gasteiger partial charge in [0, 0.05) is 6.07 Å². The highest BCUT2D eigenvalue weighted by atomic mass is 19.1. The van der Waals surface area contributed by atoms with Crippen LogP contribution in [0, 0.1) is 17.1 Å². The number of anilines is 1. The third-order valence-electron chi connectivity index (χ3n) is 2.03. The number of nitriles is 1. The van der Waals surface area contributed by atoms with Crippen molar-refractivity contribution < 1.29 is 9.13 Å². The van der Waals surface area contributed by atoms with Crippen molar-refractivity contribution in [3.8, 4) is 17.7 Å². The number of nitrogens with zero attached hydrogens (tertiary/aromatic N) is 2. The Morgan fingerprint density at radius 3 is 2.71 bits per heavy atom. The molecule has 0 amide bonds. The third-order valence-corrected chi connectivity index (χ3v) is 2.03. The molecule has 1 aromatic carbocycles. The highest BCUT2D eigenvalue weighted by Crippen LogP contribution is 2.23. The minimum atomic E-state index is -0.609. The summed E-state index contributed by atoms with van der Waals surface area (Å²) in [6.07, 6.45) is 1.41. The predicted octanol–water partition coefficient (Wildman–Crippen LogP) is 2.47. The van der Waals surface area contributed by atoms with E-state index in [9.17, 15) is 4.39 Å². The van der Waals surface area contributed by atoms with E-state index in [0.717, 1.165) is 6.07 Å². The van der Waals surface area contributed by atoms with Gasteiger partial charge in [-0.2, -0.15) is 5.26 Å². The normalized spacial score (nSPS) is 9.65. The summed E-state index contributed by atoms with van der Waals surface area (Å²) >= 11 is 0. The van der Waals surface area contributed by atoms with Crippen LogP contribution in [0.5, 0.6) is 11.6 Å². The van der Waals surface area contributed by atoms with Crippen molar-refractivity contribution in [3.63, 3.8) is 0 Å². The number of hydrogen-bond donors (Lipinski definition) is 1. The second kappa shape index (κ2) is 4.49. The van der Waals surface area contributed by atoms with Crippen LogP contribution < -0.4 is 10.5 Å². The van der Waals surface area contributed by atoms with E-state index < -0.39 is 5.82 Å². The highest BCUT2D eigenvalue weighted by Gasteiger charge is 2.06. The molecule has 0 aliphatic heterocycles. The molecule has 0 saturated heterocycles. The smallest absolute Gasteiger partial charge is 0.219 e. The highest BCUT2D eigenvalue weighted by molar-refractivity contribution is 5.40. The first-order valence-electron chi connectivity index (χ1n) is 4.78. The molecule has 0 spiro atoms. The number of pyridine rings is 1. The zero-order valence-corrected chi connectivity index (χ0v) is 8.72. The minimum Gasteiger partial charge on any atom is -0.436 e. The van der Waals surface area contributed by atoms with E-state index in [-0.39, 0.29) is 17.2 Å². The average Bonchev–Trinajstić information content (AvgIpc) is 2.34. The van der Waals surface area contributed by atoms with Gasteiger partial charge >= 0.3 is 0 Å². The summed E-state index contributed by atoms with van der Waals surface area (Å²) in [4.78, 5) is 3.88. The first-order valence-corrected chi connectivity index (χ1v) is 4.78. The molecule has 0 fully saturated rings. The molecule has 2 rings (SSSR count). The van der Waals surface area contributed by atoms with Gasteiger partial charge in [-0.15, -0.1) is 0 Å². The number of nitrogens with two attached hydrogens (primary N) is 1. The van der Waals surface area contributed by atoms with Crippen molar-refractivity contribution in [2.75, 3.05) is 5.73 Å². The van der Waals surface area contributed by atoms with Gasteiger partial charge in [0.15, 0.2) is 11.6 Å². The fourth-order valence-electron chi connectivity index (χ4n) is 1.22. The van der Waals surface area contributed by atoms with Crippen molar-refractivity contribution >= 4 is 5.69 Å². The van der Waals surface area contributed by atoms with Crippen LogP contribution in [-0.2, 0) is 0 Å². The monoisotopic (exact) mass is 229 g/mol. The second-order valence-electron chi connectivity index (χ2n) is 3.29. The lowest BCUT2D eigenvalue weighted by Gasteiger charge is -2.05. The van der Waals surface area contributed by atoms with Crippen LogP contribution >= 0.6 is 0 Å². The molecule has 0 aliphatic carbocycles. The van der Waals surface area contributed by atoms with Crippen molar-refractivity contribution in [2.24, 2.45) is 0 Å². The van der Waals surface area contributed by atoms with Crippen molar-refractivity contribution in [2.45, 2.75) is 0 Å². The summed E-state index contributed by atoms with van der Waals surface area (Å²) < 4.78 is 18.7. The maximum Gasteiger partial charge on any atom is 0.219 e. The zero-order chi connectivity index (χ0) is 12.3. The van der Waals surface area contributed by atoms with E-state index in [4.69, 9.17) is 15.7 Å². The first kappa shape index (κ1) is 10.9. The Morgan fingerprint density at radius 2 is 2.12 bits per heavy atom. The summed E-state index contributed by atoms with van der Waals surface area (Å²) in [6, 6.07) is 8.93. The molecular formula is C12H8FN3O. The Kier molecular flexibility index (Phi) is 2.88. The van der Waals surface area contributed by atoms with Crippen molar-refractivity contribution in [1.29, 1.82) is 5.26 Å². The van der Waals surface area contributed by atoms with Gasteiger partial charge in [0.1, 0.15) is 0 Å². The Labute approximate surface area is 97.1 Å². The summed E-state index contributed by atoms with van der Waals surface area (Å²) in [5, 5.41) is 8.59. The lowest BCUT2D eigenvalue weighted by atomic mass is 10.2. The van der Waals surface area contributed by atoms with Gasteiger partial charge in [0.05, 0.1) is 23.5 Å². The van der Waals surface area contributed by atoms with Crippen LogP contribution in [0.3, 0.4) is 0 Å². The van der Waals surface area contributed by atoms with Crippen LogP contribution in [0.15, 0.2) is 36.5 Å². The fourth-order valence-corrected chi connectivity index (χ4v) is 1.22. The minimum absolute atomic E-state index is 0.0151. The molecule has 84 valence electrons. The predicted molar refractivity (Wildman–Crippen MR) is 59.8 cm³/mol. The van der Waals surface area contributed by atoms with Gasteiger partial charge in [-0.05, 0) is 24.3 Å². The molecule has 2 aromatic rings. The van der Waals surface area contributed by atoms with Gasteiger partial charge in [-0.1, -0.05) is 0 Å². The molecule has 0 saturated carbocycles. The zero-order valence-electron chi connectivity index (χ0n) is 8.72. The quantitative estimate of drug-likeness (QED) is 0.858. The van der Waals surface area contributed by atoms with Crippen molar-refractivity contribution in [1.82, 2.24) is 4.98 Å². The number of halogens is 1. The summed E-state index contributed by atoms with van der Waals surface area (Å²) in [5.41, 5.74) is 6.19. The lowest BCUT2D eigenvalue weighted by Crippen LogP contribution is -1.92. The van der Waals surface area contributed by atoms with Crippen molar-refractivity contribution in [3.05, 3.63) is 47.9 Å². The number of aromatic nitrogens is 1. The van der Waals surface area contributed by atoms with E-state index in [1.165, 1.54) is 24.4 Å². The van der Waals surface area contributed by atoms with E-state index in [1.54, 1.807) is 6.07 Å². The Bertz CT molecular complexity index is 575. The van der Waals surface area contributed by atoms with Gasteiger partial charge < -0.3 is 10.5 Å². The summed E-state index contributed by atoms with van der Waals surface area (Å²) in [5.74, 6) is -0.355. The van der Waals surface area contributed by atoms with Gasteiger partial charge in [0.25, 0.3) is 0 Å². The van der Waals surface area contributed by atoms with Crippen LogP contribution in [0.2, 0.25) is 0 Å². The maximum absolute atomic E-state index is 13.5. The summed E-state index contributed by atoms with van der Waals surface area (Å²) in [7, 11) is 0. The topological polar surface area (TPSA) is 71.9 Å². The molecule has 1 heterocycles. The molecular weight excluding hydrogens is 221 g/mol. The molecule has 0 radical (unpaired) electrons. The molecule has 0 unspecified atom stereocenters. The fraction of sp³-hybridized carbons (Fsp3) is 0. The molecule has 0 atom stereocenters. The summed E-state index contributed by atoms with van der Waals surface area (Å²) in [6.45, 7) is 0. The van der Waals surface area contributed by atoms with Gasteiger partial charge in [-0.25, -0.2) is 9.37 Å². The van der Waals surface area contributed by atoms with Crippen LogP contribution in [0.4, 0.5) is 10.1 Å². The Hall–Kier alpha value is -2.61. The second-order valence-corrected chi connectivity index (χ2v) is 3.29. The standard InChI is InChI=1S/C12H8FN3O/c13-10-5-8(6-14)1-3-11(10)17-12-4-2-9(15)7-16-12/h1-5,7H,15H2. The van der Waals surface area contributed by atoms with Gasteiger partial charge in [0.2, 0.25) is 5.88 Å². The molecule has 0 aliphatic rings. The lowest BCUT2D eigenvalue weighted by molar-refractivity contribution is 0.427. The largest absolute Gasteiger partial charge is 0.436 e. The third kappa shape index (κ3) is 2.49. The van der Waals surface area contributed by atoms with E-state index in [1.807, 2.05) is 6.07 Å². The first-order chi connectivity index (χ1) is 8.19. The number of hydrogen-bond acceptors (Lipinski definition) is 4. The molecule has 0 bridgehead atoms. The molecule has 5 heteroatoms. The number of nitrogen functional groups attached to an aromatic ring is 1. The van der Waals surface area contributed by atoms with E-state index >= 15 is 0 Å². The van der Waals surface area contributed by atoms with Crippen LogP contribution in [-0.4, -0.2) is 4.98 Å². The van der Waals surface area contributed by atoms with E-state index in [0.29, 0.717) is 5.69 Å². The molecule has 2 N–H and O–H groups in total. The van der Waals surface area contributed by atoms with E-state index in [2.05, 4.69) is 4.98 Å². The average molecular weight is 229 g/mol. The SMILES string of the molecule is N#Cc1ccc(Oc2ccc(N)cn2)c(F)c1. The molecule has 4 nitrogen and oxygen atoms in total. The molecule has 17 heavy (non-hydrogen) atoms.